The van der Waals surface area contributed by atoms with Crippen molar-refractivity contribution in [1.29, 1.82) is 0 Å². The maximum atomic E-state index is 12.6. The molecule has 0 aliphatic rings. The fourth-order valence-electron chi connectivity index (χ4n) is 2.93. The van der Waals surface area contributed by atoms with Gasteiger partial charge in [0.1, 0.15) is 5.76 Å². The molecule has 0 radical (unpaired) electrons. The molecule has 0 aliphatic heterocycles. The summed E-state index contributed by atoms with van der Waals surface area (Å²) in [7, 11) is 0. The number of thioether (sulfide) groups is 1. The second-order valence-corrected chi connectivity index (χ2v) is 8.03. The molecule has 0 unspecified atom stereocenters. The van der Waals surface area contributed by atoms with Gasteiger partial charge in [0.15, 0.2) is 6.61 Å². The van der Waals surface area contributed by atoms with Crippen LogP contribution in [0.3, 0.4) is 0 Å². The molecule has 0 bridgehead atoms. The van der Waals surface area contributed by atoms with Crippen molar-refractivity contribution < 1.29 is 28.4 Å². The van der Waals surface area contributed by atoms with Crippen LogP contribution in [-0.4, -0.2) is 36.2 Å². The number of carbonyl (C=O) groups excluding carboxylic acids is 3. The van der Waals surface area contributed by atoms with Gasteiger partial charge >= 0.3 is 11.9 Å². The van der Waals surface area contributed by atoms with Gasteiger partial charge in [0, 0.05) is 21.9 Å². The van der Waals surface area contributed by atoms with Crippen LogP contribution in [-0.2, 0) is 20.0 Å². The van der Waals surface area contributed by atoms with Gasteiger partial charge in [-0.25, -0.2) is 9.59 Å². The van der Waals surface area contributed by atoms with Gasteiger partial charge in [-0.1, -0.05) is 17.3 Å². The molecular formula is C24H24N2O6S. The lowest BCUT2D eigenvalue weighted by molar-refractivity contribution is -0.119. The quantitative estimate of drug-likeness (QED) is 0.360. The normalized spacial score (nSPS) is 10.5. The van der Waals surface area contributed by atoms with Crippen molar-refractivity contribution in [2.75, 3.05) is 18.5 Å². The largest absolute Gasteiger partial charge is 0.462 e. The third kappa shape index (κ3) is 6.45. The van der Waals surface area contributed by atoms with E-state index in [2.05, 4.69) is 10.5 Å². The minimum absolute atomic E-state index is 0.282. The van der Waals surface area contributed by atoms with Crippen LogP contribution in [0.5, 0.6) is 0 Å². The van der Waals surface area contributed by atoms with E-state index in [1.54, 1.807) is 43.3 Å². The Morgan fingerprint density at radius 2 is 1.73 bits per heavy atom. The highest BCUT2D eigenvalue weighted by Crippen LogP contribution is 2.29. The van der Waals surface area contributed by atoms with Crippen LogP contribution in [0.1, 0.15) is 44.7 Å². The number of benzene rings is 2. The van der Waals surface area contributed by atoms with E-state index < -0.39 is 24.5 Å². The average Bonchev–Trinajstić information content (AvgIpc) is 3.14. The number of amides is 1. The molecule has 0 aliphatic carbocycles. The van der Waals surface area contributed by atoms with Crippen LogP contribution in [0.2, 0.25) is 0 Å². The first-order valence-electron chi connectivity index (χ1n) is 10.3. The summed E-state index contributed by atoms with van der Waals surface area (Å²) in [5.41, 5.74) is 3.02. The number of nitrogens with one attached hydrogen (secondary N) is 1. The van der Waals surface area contributed by atoms with E-state index in [0.717, 1.165) is 21.9 Å². The third-order valence-electron chi connectivity index (χ3n) is 4.67. The molecule has 0 saturated heterocycles. The molecule has 0 atom stereocenters. The van der Waals surface area contributed by atoms with E-state index >= 15 is 0 Å². The molecule has 0 saturated carbocycles. The Bertz CT molecular complexity index is 1120. The molecule has 1 heterocycles. The van der Waals surface area contributed by atoms with Crippen molar-refractivity contribution in [1.82, 2.24) is 5.16 Å². The van der Waals surface area contributed by atoms with E-state index in [1.807, 2.05) is 26.0 Å². The van der Waals surface area contributed by atoms with Crippen LogP contribution in [0.15, 0.2) is 57.9 Å². The maximum absolute atomic E-state index is 12.6. The number of esters is 2. The van der Waals surface area contributed by atoms with Crippen LogP contribution in [0, 0.1) is 13.8 Å². The summed E-state index contributed by atoms with van der Waals surface area (Å²) in [6.45, 7) is 5.28. The first kappa shape index (κ1) is 24.1. The molecule has 1 N–H and O–H groups in total. The van der Waals surface area contributed by atoms with Gasteiger partial charge in [-0.2, -0.15) is 0 Å². The number of nitrogens with zero attached hydrogens (tertiary/aromatic N) is 1. The van der Waals surface area contributed by atoms with Crippen LogP contribution in [0.25, 0.3) is 0 Å². The molecule has 9 heteroatoms. The SMILES string of the molecule is CCOC(=O)c1ccc(NC(=O)COC(=O)c2ccccc2SCc2c(C)noc2C)cc1. The summed E-state index contributed by atoms with van der Waals surface area (Å²) < 4.78 is 15.3. The van der Waals surface area contributed by atoms with Gasteiger partial charge in [-0.05, 0) is 57.2 Å². The second-order valence-electron chi connectivity index (χ2n) is 7.01. The lowest BCUT2D eigenvalue weighted by Crippen LogP contribution is -2.21. The predicted molar refractivity (Wildman–Crippen MR) is 123 cm³/mol. The van der Waals surface area contributed by atoms with E-state index in [9.17, 15) is 14.4 Å². The van der Waals surface area contributed by atoms with Gasteiger partial charge in [0.05, 0.1) is 23.4 Å². The van der Waals surface area contributed by atoms with E-state index in [0.29, 0.717) is 22.6 Å². The topological polar surface area (TPSA) is 108 Å². The number of rotatable bonds is 9. The van der Waals surface area contributed by atoms with Crippen molar-refractivity contribution in [3.05, 3.63) is 76.7 Å². The highest BCUT2D eigenvalue weighted by Gasteiger charge is 2.17. The summed E-state index contributed by atoms with van der Waals surface area (Å²) in [4.78, 5) is 37.2. The highest BCUT2D eigenvalue weighted by molar-refractivity contribution is 7.98. The number of ether oxygens (including phenoxy) is 2. The fourth-order valence-corrected chi connectivity index (χ4v) is 4.12. The maximum Gasteiger partial charge on any atom is 0.339 e. The molecule has 3 aromatic rings. The third-order valence-corrected chi connectivity index (χ3v) is 5.77. The Hall–Kier alpha value is -3.59. The van der Waals surface area contributed by atoms with Gasteiger partial charge in [-0.15, -0.1) is 11.8 Å². The Labute approximate surface area is 195 Å². The molecule has 8 nitrogen and oxygen atoms in total. The minimum atomic E-state index is -0.593. The van der Waals surface area contributed by atoms with E-state index in [4.69, 9.17) is 14.0 Å². The molecule has 1 aromatic heterocycles. The summed E-state index contributed by atoms with van der Waals surface area (Å²) in [5.74, 6) is -0.187. The lowest BCUT2D eigenvalue weighted by atomic mass is 10.2. The van der Waals surface area contributed by atoms with Gasteiger partial charge in [0.2, 0.25) is 0 Å². The number of anilines is 1. The molecular weight excluding hydrogens is 444 g/mol. The Morgan fingerprint density at radius 1 is 1.00 bits per heavy atom. The molecule has 3 rings (SSSR count). The smallest absolute Gasteiger partial charge is 0.339 e. The lowest BCUT2D eigenvalue weighted by Gasteiger charge is -2.10. The Kier molecular flexibility index (Phi) is 8.26. The van der Waals surface area contributed by atoms with Crippen molar-refractivity contribution in [2.24, 2.45) is 0 Å². The van der Waals surface area contributed by atoms with Gasteiger partial charge in [-0.3, -0.25) is 4.79 Å². The Balaban J connectivity index is 1.55. The summed E-state index contributed by atoms with van der Waals surface area (Å²) in [6, 6.07) is 13.3. The average molecular weight is 469 g/mol. The summed E-state index contributed by atoms with van der Waals surface area (Å²) in [5, 5.41) is 6.57. The molecule has 2 aromatic carbocycles. The summed E-state index contributed by atoms with van der Waals surface area (Å²) in [6.07, 6.45) is 0. The molecule has 1 amide bonds. The van der Waals surface area contributed by atoms with Crippen molar-refractivity contribution >= 4 is 35.3 Å². The molecule has 172 valence electrons. The Morgan fingerprint density at radius 3 is 2.39 bits per heavy atom. The zero-order valence-corrected chi connectivity index (χ0v) is 19.4. The van der Waals surface area contributed by atoms with E-state index in [1.165, 1.54) is 11.8 Å². The predicted octanol–water partition coefficient (Wildman–Crippen LogP) is 4.56. The number of hydrogen-bond donors (Lipinski definition) is 1. The summed E-state index contributed by atoms with van der Waals surface area (Å²) >= 11 is 1.47. The first-order chi connectivity index (χ1) is 15.9. The van der Waals surface area contributed by atoms with Crippen LogP contribution >= 0.6 is 11.8 Å². The number of hydrogen-bond acceptors (Lipinski definition) is 8. The second kappa shape index (κ2) is 11.3. The number of aromatic nitrogens is 1. The highest BCUT2D eigenvalue weighted by atomic mass is 32.2. The van der Waals surface area contributed by atoms with Gasteiger partial charge in [0.25, 0.3) is 5.91 Å². The zero-order chi connectivity index (χ0) is 23.8. The van der Waals surface area contributed by atoms with Gasteiger partial charge < -0.3 is 19.3 Å². The molecule has 33 heavy (non-hydrogen) atoms. The zero-order valence-electron chi connectivity index (χ0n) is 18.5. The molecule has 0 fully saturated rings. The number of carbonyl (C=O) groups is 3. The van der Waals surface area contributed by atoms with Crippen molar-refractivity contribution in [3.63, 3.8) is 0 Å². The van der Waals surface area contributed by atoms with E-state index in [-0.39, 0.29) is 6.61 Å². The van der Waals surface area contributed by atoms with Crippen LogP contribution in [0.4, 0.5) is 5.69 Å². The molecule has 0 spiro atoms. The standard InChI is InChI=1S/C24H24N2O6S/c1-4-30-23(28)17-9-11-18(12-10-17)25-22(27)13-31-24(29)19-7-5-6-8-21(19)33-14-20-15(2)26-32-16(20)3/h5-12H,4,13-14H2,1-3H3,(H,25,27). The first-order valence-corrected chi connectivity index (χ1v) is 11.2. The van der Waals surface area contributed by atoms with Crippen LogP contribution < -0.4 is 5.32 Å². The van der Waals surface area contributed by atoms with Crippen molar-refractivity contribution in [3.8, 4) is 0 Å². The minimum Gasteiger partial charge on any atom is -0.462 e. The monoisotopic (exact) mass is 468 g/mol. The van der Waals surface area contributed by atoms with Crippen molar-refractivity contribution in [2.45, 2.75) is 31.4 Å². The fraction of sp³-hybridized carbons (Fsp3) is 0.250. The number of aryl methyl sites for hydroxylation is 2.